The third kappa shape index (κ3) is 11.6. The number of nitrogens with one attached hydrogen (secondary N) is 3. The second-order valence-electron chi connectivity index (χ2n) is 5.59. The maximum absolute atomic E-state index is 11.0. The largest absolute Gasteiger partial charge is 0.356 e. The lowest BCUT2D eigenvalue weighted by Gasteiger charge is -2.18. The maximum atomic E-state index is 11.0. The number of halogens is 1. The number of rotatable bonds is 9. The van der Waals surface area contributed by atoms with Gasteiger partial charge in [-0.2, -0.15) is 0 Å². The third-order valence-corrected chi connectivity index (χ3v) is 4.05. The lowest BCUT2D eigenvalue weighted by Crippen LogP contribution is -2.43. The molecule has 0 saturated heterocycles. The number of nitrogens with zero attached hydrogens (tertiary/aromatic N) is 1. The van der Waals surface area contributed by atoms with Gasteiger partial charge in [0.15, 0.2) is 5.96 Å². The molecule has 24 heavy (non-hydrogen) atoms. The van der Waals surface area contributed by atoms with Crippen LogP contribution in [-0.2, 0) is 16.4 Å². The van der Waals surface area contributed by atoms with Crippen molar-refractivity contribution in [1.29, 1.82) is 0 Å². The molecule has 1 atom stereocenters. The van der Waals surface area contributed by atoms with Crippen molar-refractivity contribution in [2.45, 2.75) is 32.2 Å². The molecule has 0 aromatic heterocycles. The van der Waals surface area contributed by atoms with Crippen LogP contribution in [0.1, 0.15) is 25.3 Å². The first-order valence-corrected chi connectivity index (χ1v) is 9.75. The minimum absolute atomic E-state index is 0. The summed E-state index contributed by atoms with van der Waals surface area (Å²) in [6.45, 7) is 3.21. The van der Waals surface area contributed by atoms with Crippen LogP contribution < -0.4 is 15.4 Å². The highest BCUT2D eigenvalue weighted by Crippen LogP contribution is 2.04. The number of aryl methyl sites for hydroxylation is 1. The highest BCUT2D eigenvalue weighted by atomic mass is 127. The molecule has 0 amide bonds. The minimum Gasteiger partial charge on any atom is -0.356 e. The fraction of sp³-hybridized carbons (Fsp3) is 0.562. The monoisotopic (exact) mass is 468 g/mol. The van der Waals surface area contributed by atoms with Gasteiger partial charge in [0.1, 0.15) is 0 Å². The first-order valence-electron chi connectivity index (χ1n) is 7.86. The van der Waals surface area contributed by atoms with Gasteiger partial charge < -0.3 is 10.6 Å². The van der Waals surface area contributed by atoms with E-state index >= 15 is 0 Å². The zero-order chi connectivity index (χ0) is 17.1. The molecule has 3 N–H and O–H groups in total. The standard InChI is InChI=1S/C16H28N4O2S.HI/c1-14(10-11-15-8-5-4-6-9-15)20-16(17-2)18-12-7-13-19-23(3,21)22;/h4-6,8-9,14,19H,7,10-13H2,1-3H3,(H2,17,18,20);1H. The molecule has 0 aliphatic rings. The van der Waals surface area contributed by atoms with E-state index < -0.39 is 10.0 Å². The molecule has 0 fully saturated rings. The first kappa shape index (κ1) is 23.1. The molecule has 0 heterocycles. The number of guanidine groups is 1. The zero-order valence-corrected chi connectivity index (χ0v) is 17.7. The van der Waals surface area contributed by atoms with Gasteiger partial charge in [0.25, 0.3) is 0 Å². The van der Waals surface area contributed by atoms with E-state index in [1.54, 1.807) is 7.05 Å². The number of benzene rings is 1. The van der Waals surface area contributed by atoms with E-state index in [2.05, 4.69) is 51.5 Å². The van der Waals surface area contributed by atoms with Gasteiger partial charge in [0, 0.05) is 26.2 Å². The molecule has 0 saturated carbocycles. The summed E-state index contributed by atoms with van der Waals surface area (Å²) >= 11 is 0. The molecule has 1 aromatic carbocycles. The number of sulfonamides is 1. The predicted molar refractivity (Wildman–Crippen MR) is 112 cm³/mol. The van der Waals surface area contributed by atoms with Crippen LogP contribution in [0, 0.1) is 0 Å². The van der Waals surface area contributed by atoms with E-state index in [0.29, 0.717) is 25.6 Å². The fourth-order valence-corrected chi connectivity index (χ4v) is 2.60. The van der Waals surface area contributed by atoms with Gasteiger partial charge in [-0.1, -0.05) is 30.3 Å². The van der Waals surface area contributed by atoms with Gasteiger partial charge in [-0.3, -0.25) is 4.99 Å². The average molecular weight is 468 g/mol. The Morgan fingerprint density at radius 3 is 2.46 bits per heavy atom. The molecule has 0 aliphatic carbocycles. The van der Waals surface area contributed by atoms with E-state index in [1.807, 2.05) is 6.07 Å². The highest BCUT2D eigenvalue weighted by Gasteiger charge is 2.05. The minimum atomic E-state index is -3.11. The van der Waals surface area contributed by atoms with Crippen molar-refractivity contribution in [3.05, 3.63) is 35.9 Å². The second kappa shape index (κ2) is 12.5. The summed E-state index contributed by atoms with van der Waals surface area (Å²) in [7, 11) is -1.38. The Balaban J connectivity index is 0.00000529. The van der Waals surface area contributed by atoms with Crippen LogP contribution in [0.2, 0.25) is 0 Å². The van der Waals surface area contributed by atoms with Crippen molar-refractivity contribution in [3.8, 4) is 0 Å². The lowest BCUT2D eigenvalue weighted by molar-refractivity contribution is 0.580. The van der Waals surface area contributed by atoms with Crippen LogP contribution in [0.15, 0.2) is 35.3 Å². The van der Waals surface area contributed by atoms with Crippen LogP contribution >= 0.6 is 24.0 Å². The lowest BCUT2D eigenvalue weighted by atomic mass is 10.1. The van der Waals surface area contributed by atoms with Gasteiger partial charge in [-0.25, -0.2) is 13.1 Å². The Morgan fingerprint density at radius 2 is 1.88 bits per heavy atom. The van der Waals surface area contributed by atoms with E-state index in [1.165, 1.54) is 5.56 Å². The van der Waals surface area contributed by atoms with Crippen molar-refractivity contribution in [2.75, 3.05) is 26.4 Å². The Hall–Kier alpha value is -0.870. The van der Waals surface area contributed by atoms with Gasteiger partial charge in [0.05, 0.1) is 6.26 Å². The smallest absolute Gasteiger partial charge is 0.208 e. The summed E-state index contributed by atoms with van der Waals surface area (Å²) in [4.78, 5) is 4.19. The molecule has 1 rings (SSSR count). The maximum Gasteiger partial charge on any atom is 0.208 e. The van der Waals surface area contributed by atoms with E-state index in [-0.39, 0.29) is 24.0 Å². The van der Waals surface area contributed by atoms with Crippen molar-refractivity contribution in [2.24, 2.45) is 4.99 Å². The molecule has 0 spiro atoms. The molecule has 0 aliphatic heterocycles. The predicted octanol–water partition coefficient (Wildman–Crippen LogP) is 1.73. The Morgan fingerprint density at radius 1 is 1.21 bits per heavy atom. The van der Waals surface area contributed by atoms with Gasteiger partial charge >= 0.3 is 0 Å². The van der Waals surface area contributed by atoms with E-state index in [0.717, 1.165) is 25.1 Å². The zero-order valence-electron chi connectivity index (χ0n) is 14.6. The second-order valence-corrected chi connectivity index (χ2v) is 7.42. The molecule has 138 valence electrons. The average Bonchev–Trinajstić information content (AvgIpc) is 2.51. The molecule has 1 unspecified atom stereocenters. The summed E-state index contributed by atoms with van der Waals surface area (Å²) in [5.74, 6) is 0.741. The highest BCUT2D eigenvalue weighted by molar-refractivity contribution is 14.0. The van der Waals surface area contributed by atoms with Gasteiger partial charge in [-0.05, 0) is 31.7 Å². The van der Waals surface area contributed by atoms with Crippen molar-refractivity contribution < 1.29 is 8.42 Å². The molecule has 0 radical (unpaired) electrons. The number of hydrogen-bond donors (Lipinski definition) is 3. The molecule has 0 bridgehead atoms. The fourth-order valence-electron chi connectivity index (χ4n) is 2.08. The summed E-state index contributed by atoms with van der Waals surface area (Å²) in [5, 5.41) is 6.53. The normalized spacial score (nSPS) is 13.0. The van der Waals surface area contributed by atoms with Gasteiger partial charge in [-0.15, -0.1) is 24.0 Å². The van der Waals surface area contributed by atoms with Crippen LogP contribution in [0.4, 0.5) is 0 Å². The van der Waals surface area contributed by atoms with Crippen LogP contribution in [0.25, 0.3) is 0 Å². The quantitative estimate of drug-likeness (QED) is 0.223. The molecular formula is C16H29IN4O2S. The van der Waals surface area contributed by atoms with E-state index in [9.17, 15) is 8.42 Å². The van der Waals surface area contributed by atoms with E-state index in [4.69, 9.17) is 0 Å². The van der Waals surface area contributed by atoms with Gasteiger partial charge in [0.2, 0.25) is 10.0 Å². The van der Waals surface area contributed by atoms with Crippen molar-refractivity contribution in [1.82, 2.24) is 15.4 Å². The Labute approximate surface area is 163 Å². The number of aliphatic imine (C=N–C) groups is 1. The van der Waals surface area contributed by atoms with Crippen LogP contribution in [0.3, 0.4) is 0 Å². The van der Waals surface area contributed by atoms with Crippen molar-refractivity contribution >= 4 is 40.0 Å². The van der Waals surface area contributed by atoms with Crippen LogP contribution in [-0.4, -0.2) is 46.8 Å². The molecule has 6 nitrogen and oxygen atoms in total. The Kier molecular flexibility index (Phi) is 12.0. The number of hydrogen-bond acceptors (Lipinski definition) is 3. The van der Waals surface area contributed by atoms with Crippen LogP contribution in [0.5, 0.6) is 0 Å². The summed E-state index contributed by atoms with van der Waals surface area (Å²) < 4.78 is 24.4. The Bertz CT molecular complexity index is 579. The molecule has 1 aromatic rings. The van der Waals surface area contributed by atoms with Crippen molar-refractivity contribution in [3.63, 3.8) is 0 Å². The molecule has 8 heteroatoms. The SMILES string of the molecule is CN=C(NCCCNS(C)(=O)=O)NC(C)CCc1ccccc1.I. The summed E-state index contributed by atoms with van der Waals surface area (Å²) in [5.41, 5.74) is 1.33. The summed E-state index contributed by atoms with van der Waals surface area (Å²) in [6.07, 6.45) is 3.89. The first-order chi connectivity index (χ1) is 10.9. The third-order valence-electron chi connectivity index (χ3n) is 3.33. The topological polar surface area (TPSA) is 82.6 Å². The summed E-state index contributed by atoms with van der Waals surface area (Å²) in [6, 6.07) is 10.7. The molecular weight excluding hydrogens is 439 g/mol.